The van der Waals surface area contributed by atoms with E-state index in [-0.39, 0.29) is 12.6 Å². The summed E-state index contributed by atoms with van der Waals surface area (Å²) in [6.45, 7) is 2.01. The lowest BCUT2D eigenvalue weighted by molar-refractivity contribution is -0.119. The monoisotopic (exact) mass is 276 g/mol. The Bertz CT molecular complexity index is 523. The zero-order valence-electron chi connectivity index (χ0n) is 10.6. The largest absolute Gasteiger partial charge is 0.484 e. The van der Waals surface area contributed by atoms with Gasteiger partial charge in [-0.1, -0.05) is 0 Å². The molecule has 3 N–H and O–H groups in total. The number of hydrogen-bond donors (Lipinski definition) is 2. The number of carbonyl (C=O) groups is 1. The maximum absolute atomic E-state index is 10.6. The Kier molecular flexibility index (Phi) is 4.41. The number of thiophene rings is 1. The number of rotatable bonds is 6. The molecule has 1 heterocycles. The van der Waals surface area contributed by atoms with E-state index in [4.69, 9.17) is 10.5 Å². The first kappa shape index (κ1) is 13.4. The van der Waals surface area contributed by atoms with Crippen molar-refractivity contribution in [2.24, 2.45) is 5.73 Å². The molecule has 0 aliphatic rings. The van der Waals surface area contributed by atoms with Gasteiger partial charge in [0, 0.05) is 11.7 Å². The van der Waals surface area contributed by atoms with Crippen LogP contribution in [0.3, 0.4) is 0 Å². The zero-order valence-corrected chi connectivity index (χ0v) is 11.4. The number of anilines is 1. The summed E-state index contributed by atoms with van der Waals surface area (Å²) in [4.78, 5) is 10.6. The average Bonchev–Trinajstić information content (AvgIpc) is 2.92. The third-order valence-corrected chi connectivity index (χ3v) is 3.36. The molecule has 1 atom stereocenters. The van der Waals surface area contributed by atoms with Gasteiger partial charge in [0.05, 0.1) is 0 Å². The minimum absolute atomic E-state index is 0.0991. The van der Waals surface area contributed by atoms with Gasteiger partial charge >= 0.3 is 0 Å². The quantitative estimate of drug-likeness (QED) is 0.852. The van der Waals surface area contributed by atoms with Crippen molar-refractivity contribution >= 4 is 22.9 Å². The van der Waals surface area contributed by atoms with Crippen molar-refractivity contribution in [3.63, 3.8) is 0 Å². The van der Waals surface area contributed by atoms with Crippen LogP contribution in [0.1, 0.15) is 18.5 Å². The Labute approximate surface area is 116 Å². The van der Waals surface area contributed by atoms with Crippen molar-refractivity contribution in [1.29, 1.82) is 0 Å². The van der Waals surface area contributed by atoms with Gasteiger partial charge in [-0.2, -0.15) is 11.3 Å². The summed E-state index contributed by atoms with van der Waals surface area (Å²) in [5, 5.41) is 7.59. The molecular weight excluding hydrogens is 260 g/mol. The molecule has 100 valence electrons. The van der Waals surface area contributed by atoms with Crippen LogP contribution in [0.5, 0.6) is 5.75 Å². The number of primary amides is 1. The Balaban J connectivity index is 1.93. The summed E-state index contributed by atoms with van der Waals surface area (Å²) in [7, 11) is 0. The molecule has 0 aliphatic heterocycles. The van der Waals surface area contributed by atoms with Gasteiger partial charge in [-0.3, -0.25) is 4.79 Å². The second kappa shape index (κ2) is 6.24. The fourth-order valence-electron chi connectivity index (χ4n) is 1.66. The molecule has 0 spiro atoms. The summed E-state index contributed by atoms with van der Waals surface area (Å²) in [5.41, 5.74) is 7.28. The van der Waals surface area contributed by atoms with Crippen LogP contribution in [-0.2, 0) is 4.79 Å². The van der Waals surface area contributed by atoms with Crippen LogP contribution < -0.4 is 15.8 Å². The highest BCUT2D eigenvalue weighted by Crippen LogP contribution is 2.22. The molecule has 19 heavy (non-hydrogen) atoms. The summed E-state index contributed by atoms with van der Waals surface area (Å²) in [5.74, 6) is 0.154. The fraction of sp³-hybridized carbons (Fsp3) is 0.214. The van der Waals surface area contributed by atoms with E-state index in [1.165, 1.54) is 5.56 Å². The molecule has 0 saturated heterocycles. The highest BCUT2D eigenvalue weighted by molar-refractivity contribution is 7.07. The molecule has 0 radical (unpaired) electrons. The third-order valence-electron chi connectivity index (χ3n) is 2.66. The van der Waals surface area contributed by atoms with Crippen molar-refractivity contribution in [2.45, 2.75) is 13.0 Å². The van der Waals surface area contributed by atoms with Crippen LogP contribution in [0.25, 0.3) is 0 Å². The maximum Gasteiger partial charge on any atom is 0.255 e. The second-order valence-corrected chi connectivity index (χ2v) is 4.98. The van der Waals surface area contributed by atoms with E-state index in [0.29, 0.717) is 5.75 Å². The number of benzene rings is 1. The van der Waals surface area contributed by atoms with E-state index in [0.717, 1.165) is 5.69 Å². The van der Waals surface area contributed by atoms with Gasteiger partial charge in [0.2, 0.25) is 0 Å². The van der Waals surface area contributed by atoms with Gasteiger partial charge < -0.3 is 15.8 Å². The molecule has 0 bridgehead atoms. The van der Waals surface area contributed by atoms with Crippen LogP contribution in [-0.4, -0.2) is 12.5 Å². The number of hydrogen-bond acceptors (Lipinski definition) is 4. The minimum atomic E-state index is -0.478. The van der Waals surface area contributed by atoms with E-state index in [1.54, 1.807) is 11.3 Å². The first-order valence-electron chi connectivity index (χ1n) is 5.95. The molecule has 1 unspecified atom stereocenters. The normalized spacial score (nSPS) is 11.8. The van der Waals surface area contributed by atoms with Crippen molar-refractivity contribution in [1.82, 2.24) is 0 Å². The van der Waals surface area contributed by atoms with Crippen LogP contribution in [0.4, 0.5) is 5.69 Å². The first-order valence-corrected chi connectivity index (χ1v) is 6.89. The van der Waals surface area contributed by atoms with Crippen LogP contribution in [0.15, 0.2) is 41.1 Å². The van der Waals surface area contributed by atoms with Gasteiger partial charge in [-0.15, -0.1) is 0 Å². The Hall–Kier alpha value is -2.01. The highest BCUT2D eigenvalue weighted by Gasteiger charge is 2.05. The molecule has 1 aromatic carbocycles. The van der Waals surface area contributed by atoms with Gasteiger partial charge in [0.15, 0.2) is 6.61 Å². The number of nitrogens with one attached hydrogen (secondary N) is 1. The van der Waals surface area contributed by atoms with Crippen molar-refractivity contribution in [2.75, 3.05) is 11.9 Å². The van der Waals surface area contributed by atoms with Gasteiger partial charge in [0.1, 0.15) is 5.75 Å². The van der Waals surface area contributed by atoms with E-state index in [1.807, 2.05) is 24.3 Å². The van der Waals surface area contributed by atoms with Crippen molar-refractivity contribution in [3.05, 3.63) is 46.7 Å². The SMILES string of the molecule is CC(Nc1ccc(OCC(N)=O)cc1)c1ccsc1. The Morgan fingerprint density at radius 1 is 1.37 bits per heavy atom. The third kappa shape index (κ3) is 3.99. The lowest BCUT2D eigenvalue weighted by Gasteiger charge is -2.14. The minimum Gasteiger partial charge on any atom is -0.484 e. The average molecular weight is 276 g/mol. The van der Waals surface area contributed by atoms with Crippen LogP contribution >= 0.6 is 11.3 Å². The van der Waals surface area contributed by atoms with Gasteiger partial charge in [-0.05, 0) is 53.6 Å². The lowest BCUT2D eigenvalue weighted by atomic mass is 10.1. The van der Waals surface area contributed by atoms with E-state index in [9.17, 15) is 4.79 Å². The molecule has 1 amide bonds. The molecule has 2 aromatic rings. The number of carbonyl (C=O) groups excluding carboxylic acids is 1. The molecule has 2 rings (SSSR count). The smallest absolute Gasteiger partial charge is 0.255 e. The molecular formula is C14H16N2O2S. The number of amides is 1. The molecule has 5 heteroatoms. The second-order valence-electron chi connectivity index (χ2n) is 4.20. The summed E-state index contributed by atoms with van der Waals surface area (Å²) in [6, 6.07) is 9.81. The predicted molar refractivity (Wildman–Crippen MR) is 77.5 cm³/mol. The molecule has 0 fully saturated rings. The summed E-state index contributed by atoms with van der Waals surface area (Å²) >= 11 is 1.69. The maximum atomic E-state index is 10.6. The van der Waals surface area contributed by atoms with Gasteiger partial charge in [0.25, 0.3) is 5.91 Å². The van der Waals surface area contributed by atoms with E-state index < -0.39 is 5.91 Å². The Morgan fingerprint density at radius 2 is 2.11 bits per heavy atom. The topological polar surface area (TPSA) is 64.3 Å². The molecule has 0 aliphatic carbocycles. The number of ether oxygens (including phenoxy) is 1. The summed E-state index contributed by atoms with van der Waals surface area (Å²) in [6.07, 6.45) is 0. The summed E-state index contributed by atoms with van der Waals surface area (Å²) < 4.78 is 5.20. The zero-order chi connectivity index (χ0) is 13.7. The lowest BCUT2D eigenvalue weighted by Crippen LogP contribution is -2.19. The van der Waals surface area contributed by atoms with Gasteiger partial charge in [-0.25, -0.2) is 0 Å². The first-order chi connectivity index (χ1) is 9.15. The highest BCUT2D eigenvalue weighted by atomic mass is 32.1. The molecule has 4 nitrogen and oxygen atoms in total. The van der Waals surface area contributed by atoms with Crippen LogP contribution in [0.2, 0.25) is 0 Å². The van der Waals surface area contributed by atoms with E-state index >= 15 is 0 Å². The number of nitrogens with two attached hydrogens (primary N) is 1. The van der Waals surface area contributed by atoms with Crippen LogP contribution in [0, 0.1) is 0 Å². The molecule has 1 aromatic heterocycles. The van der Waals surface area contributed by atoms with Crippen molar-refractivity contribution in [3.8, 4) is 5.75 Å². The molecule has 0 saturated carbocycles. The predicted octanol–water partition coefficient (Wildman–Crippen LogP) is 2.79. The standard InChI is InChI=1S/C14H16N2O2S/c1-10(11-6-7-19-9-11)16-12-2-4-13(5-3-12)18-8-14(15)17/h2-7,9-10,16H,8H2,1H3,(H2,15,17). The van der Waals surface area contributed by atoms with E-state index in [2.05, 4.69) is 29.1 Å². The van der Waals surface area contributed by atoms with Crippen molar-refractivity contribution < 1.29 is 9.53 Å². The fourth-order valence-corrected chi connectivity index (χ4v) is 2.41. The Morgan fingerprint density at radius 3 is 2.68 bits per heavy atom.